The van der Waals surface area contributed by atoms with Crippen molar-refractivity contribution in [2.24, 2.45) is 0 Å². The highest BCUT2D eigenvalue weighted by molar-refractivity contribution is 5.88. The third-order valence-corrected chi connectivity index (χ3v) is 5.93. The molecule has 0 fully saturated rings. The van der Waals surface area contributed by atoms with Crippen molar-refractivity contribution in [3.63, 3.8) is 0 Å². The Hall–Kier alpha value is -3.41. The summed E-state index contributed by atoms with van der Waals surface area (Å²) >= 11 is 0. The molecule has 182 valence electrons. The van der Waals surface area contributed by atoms with E-state index in [2.05, 4.69) is 35.9 Å². The molecule has 0 saturated heterocycles. The van der Waals surface area contributed by atoms with Gasteiger partial charge < -0.3 is 4.74 Å². The average molecular weight is 485 g/mol. The normalized spacial score (nSPS) is 11.7. The van der Waals surface area contributed by atoms with E-state index in [9.17, 15) is 17.6 Å². The van der Waals surface area contributed by atoms with Crippen LogP contribution in [0.25, 0.3) is 21.9 Å². The molecule has 0 heterocycles. The van der Waals surface area contributed by atoms with E-state index in [1.54, 1.807) is 12.1 Å². The first kappa shape index (κ1) is 24.7. The van der Waals surface area contributed by atoms with Crippen LogP contribution in [0.3, 0.4) is 0 Å². The van der Waals surface area contributed by atoms with Gasteiger partial charge in [-0.25, -0.2) is 8.78 Å². The first-order valence-corrected chi connectivity index (χ1v) is 11.5. The van der Waals surface area contributed by atoms with Crippen LogP contribution in [0.2, 0.25) is 0 Å². The molecule has 0 spiro atoms. The van der Waals surface area contributed by atoms with Gasteiger partial charge in [0.15, 0.2) is 18.2 Å². The minimum absolute atomic E-state index is 0.321. The first-order valence-electron chi connectivity index (χ1n) is 11.5. The van der Waals surface area contributed by atoms with E-state index < -0.39 is 24.3 Å². The van der Waals surface area contributed by atoms with E-state index in [0.717, 1.165) is 35.4 Å². The number of benzene rings is 4. The molecule has 4 aromatic carbocycles. The molecule has 0 atom stereocenters. The quantitative estimate of drug-likeness (QED) is 0.228. The Labute approximate surface area is 201 Å². The lowest BCUT2D eigenvalue weighted by Gasteiger charge is -2.11. The maximum Gasteiger partial charge on any atom is 0.422 e. The Balaban J connectivity index is 1.47. The molecule has 0 saturated carbocycles. The van der Waals surface area contributed by atoms with Crippen LogP contribution in [-0.4, -0.2) is 12.8 Å². The summed E-state index contributed by atoms with van der Waals surface area (Å²) in [5.74, 6) is -1.65. The van der Waals surface area contributed by atoms with E-state index in [1.807, 2.05) is 18.2 Å². The van der Waals surface area contributed by atoms with Crippen molar-refractivity contribution in [2.75, 3.05) is 6.61 Å². The predicted molar refractivity (Wildman–Crippen MR) is 129 cm³/mol. The van der Waals surface area contributed by atoms with Gasteiger partial charge in [-0.1, -0.05) is 67.9 Å². The fourth-order valence-corrected chi connectivity index (χ4v) is 4.12. The monoisotopic (exact) mass is 484 g/mol. The largest absolute Gasteiger partial charge is 0.481 e. The van der Waals surface area contributed by atoms with Gasteiger partial charge in [0.05, 0.1) is 0 Å². The molecule has 4 aromatic rings. The van der Waals surface area contributed by atoms with Crippen molar-refractivity contribution in [1.82, 2.24) is 0 Å². The summed E-state index contributed by atoms with van der Waals surface area (Å²) in [6.45, 7) is 0.586. The smallest absolute Gasteiger partial charge is 0.422 e. The summed E-state index contributed by atoms with van der Waals surface area (Å²) in [6.07, 6.45) is -1.76. The van der Waals surface area contributed by atoms with E-state index in [0.29, 0.717) is 29.4 Å². The number of alkyl halides is 3. The second-order valence-corrected chi connectivity index (χ2v) is 8.59. The molecular formula is C29H25F5O. The second-order valence-electron chi connectivity index (χ2n) is 8.59. The lowest BCUT2D eigenvalue weighted by molar-refractivity contribution is -0.153. The molecule has 35 heavy (non-hydrogen) atoms. The molecule has 0 aliphatic rings. The summed E-state index contributed by atoms with van der Waals surface area (Å²) in [7, 11) is 0. The zero-order valence-corrected chi connectivity index (χ0v) is 19.3. The van der Waals surface area contributed by atoms with Gasteiger partial charge in [0, 0.05) is 5.39 Å². The van der Waals surface area contributed by atoms with Crippen LogP contribution in [0, 0.1) is 11.6 Å². The lowest BCUT2D eigenvalue weighted by atomic mass is 9.96. The predicted octanol–water partition coefficient (Wildman–Crippen LogP) is 8.46. The molecule has 6 heteroatoms. The van der Waals surface area contributed by atoms with Crippen molar-refractivity contribution in [2.45, 2.75) is 38.8 Å². The van der Waals surface area contributed by atoms with Crippen molar-refractivity contribution < 1.29 is 26.7 Å². The summed E-state index contributed by atoms with van der Waals surface area (Å²) in [5.41, 5.74) is 4.41. The van der Waals surface area contributed by atoms with E-state index >= 15 is 4.39 Å². The summed E-state index contributed by atoms with van der Waals surface area (Å²) < 4.78 is 70.6. The number of ether oxygens (including phenoxy) is 1. The summed E-state index contributed by atoms with van der Waals surface area (Å²) in [6, 6.07) is 21.4. The van der Waals surface area contributed by atoms with E-state index in [4.69, 9.17) is 0 Å². The van der Waals surface area contributed by atoms with E-state index in [-0.39, 0.29) is 5.82 Å². The maximum atomic E-state index is 15.2. The fourth-order valence-electron chi connectivity index (χ4n) is 4.12. The number of rotatable bonds is 8. The molecule has 0 N–H and O–H groups in total. The molecule has 0 aromatic heterocycles. The SMILES string of the molecule is CCCc1ccc(-c2ccc3c(F)c(CCc4ccc(OCC(F)(F)F)c(F)c4)ccc3c2)cc1. The van der Waals surface area contributed by atoms with Crippen LogP contribution in [0.4, 0.5) is 22.0 Å². The topological polar surface area (TPSA) is 9.23 Å². The Morgan fingerprint density at radius 2 is 1.43 bits per heavy atom. The highest BCUT2D eigenvalue weighted by Gasteiger charge is 2.29. The van der Waals surface area contributed by atoms with Gasteiger partial charge in [-0.05, 0) is 70.7 Å². The Morgan fingerprint density at radius 3 is 2.11 bits per heavy atom. The molecule has 0 radical (unpaired) electrons. The molecule has 4 rings (SSSR count). The van der Waals surface area contributed by atoms with Gasteiger partial charge in [-0.3, -0.25) is 0 Å². The average Bonchev–Trinajstić information content (AvgIpc) is 2.83. The lowest BCUT2D eigenvalue weighted by Crippen LogP contribution is -2.19. The summed E-state index contributed by atoms with van der Waals surface area (Å²) in [5, 5.41) is 1.30. The highest BCUT2D eigenvalue weighted by Crippen LogP contribution is 2.29. The molecule has 0 aliphatic heterocycles. The van der Waals surface area contributed by atoms with Gasteiger partial charge in [-0.2, -0.15) is 13.2 Å². The van der Waals surface area contributed by atoms with Crippen LogP contribution >= 0.6 is 0 Å². The van der Waals surface area contributed by atoms with Gasteiger partial charge >= 0.3 is 6.18 Å². The Kier molecular flexibility index (Phi) is 7.39. The molecule has 0 aliphatic carbocycles. The maximum absolute atomic E-state index is 15.2. The van der Waals surface area contributed by atoms with Crippen LogP contribution in [0.1, 0.15) is 30.0 Å². The van der Waals surface area contributed by atoms with Crippen LogP contribution in [-0.2, 0) is 19.3 Å². The molecule has 0 unspecified atom stereocenters. The zero-order chi connectivity index (χ0) is 25.0. The molecule has 0 bridgehead atoms. The van der Waals surface area contributed by atoms with Gasteiger partial charge in [0.2, 0.25) is 0 Å². The second kappa shape index (κ2) is 10.5. The van der Waals surface area contributed by atoms with E-state index in [1.165, 1.54) is 17.7 Å². The van der Waals surface area contributed by atoms with Crippen molar-refractivity contribution >= 4 is 10.8 Å². The van der Waals surface area contributed by atoms with Crippen molar-refractivity contribution in [3.8, 4) is 16.9 Å². The zero-order valence-electron chi connectivity index (χ0n) is 19.3. The highest BCUT2D eigenvalue weighted by atomic mass is 19.4. The van der Waals surface area contributed by atoms with Crippen molar-refractivity contribution in [3.05, 3.63) is 101 Å². The summed E-state index contributed by atoms with van der Waals surface area (Å²) in [4.78, 5) is 0. The fraction of sp³-hybridized carbons (Fsp3) is 0.241. The minimum Gasteiger partial charge on any atom is -0.481 e. The minimum atomic E-state index is -4.54. The third kappa shape index (κ3) is 6.18. The molecule has 0 amide bonds. The third-order valence-electron chi connectivity index (χ3n) is 5.93. The number of fused-ring (bicyclic) bond motifs is 1. The van der Waals surface area contributed by atoms with Crippen LogP contribution in [0.5, 0.6) is 5.75 Å². The number of hydrogen-bond acceptors (Lipinski definition) is 1. The Morgan fingerprint density at radius 1 is 0.714 bits per heavy atom. The number of hydrogen-bond donors (Lipinski definition) is 0. The van der Waals surface area contributed by atoms with Crippen LogP contribution in [0.15, 0.2) is 72.8 Å². The number of halogens is 5. The molecular weight excluding hydrogens is 459 g/mol. The van der Waals surface area contributed by atoms with Gasteiger partial charge in [-0.15, -0.1) is 0 Å². The Bertz CT molecular complexity index is 1310. The van der Waals surface area contributed by atoms with Crippen LogP contribution < -0.4 is 4.74 Å². The number of aryl methyl sites for hydroxylation is 3. The first-order chi connectivity index (χ1) is 16.7. The standard InChI is InChI=1S/C29H25F5O/c1-2-3-19-4-8-21(9-5-19)23-13-14-25-24(17-23)12-11-22(28(25)31)10-6-20-7-15-27(26(30)16-20)35-18-29(32,33)34/h4-5,7-9,11-17H,2-3,6,10,18H2,1H3. The van der Waals surface area contributed by atoms with Gasteiger partial charge in [0.25, 0.3) is 0 Å². The molecule has 1 nitrogen and oxygen atoms in total. The van der Waals surface area contributed by atoms with Gasteiger partial charge in [0.1, 0.15) is 5.82 Å². The van der Waals surface area contributed by atoms with Crippen molar-refractivity contribution in [1.29, 1.82) is 0 Å².